The molecule has 1 heterocycles. The van der Waals surface area contributed by atoms with E-state index in [1.54, 1.807) is 12.1 Å². The highest BCUT2D eigenvalue weighted by Crippen LogP contribution is 2.24. The van der Waals surface area contributed by atoms with Crippen molar-refractivity contribution in [1.29, 1.82) is 5.26 Å². The normalized spacial score (nSPS) is 14.9. The van der Waals surface area contributed by atoms with E-state index in [0.29, 0.717) is 16.5 Å². The zero-order chi connectivity index (χ0) is 26.3. The van der Waals surface area contributed by atoms with Crippen molar-refractivity contribution >= 4 is 33.6 Å². The monoisotopic (exact) mass is 537 g/mol. The highest BCUT2D eigenvalue weighted by Gasteiger charge is 2.26. The fourth-order valence-electron chi connectivity index (χ4n) is 4.30. The summed E-state index contributed by atoms with van der Waals surface area (Å²) in [5, 5.41) is 12.9. The summed E-state index contributed by atoms with van der Waals surface area (Å²) in [6, 6.07) is 20.6. The van der Waals surface area contributed by atoms with Crippen LogP contribution in [0.3, 0.4) is 0 Å². The molecule has 0 saturated heterocycles. The van der Waals surface area contributed by atoms with Gasteiger partial charge in [0, 0.05) is 23.7 Å². The Hall–Kier alpha value is -3.38. The third-order valence-electron chi connectivity index (χ3n) is 6.26. The van der Waals surface area contributed by atoms with E-state index in [-0.39, 0.29) is 29.6 Å². The van der Waals surface area contributed by atoms with E-state index in [1.165, 1.54) is 34.6 Å². The molecule has 1 aliphatic carbocycles. The average molecular weight is 538 g/mol. The predicted molar refractivity (Wildman–Crippen MR) is 142 cm³/mol. The van der Waals surface area contributed by atoms with Crippen molar-refractivity contribution in [3.63, 3.8) is 0 Å². The van der Waals surface area contributed by atoms with Gasteiger partial charge in [-0.05, 0) is 54.8 Å². The van der Waals surface area contributed by atoms with E-state index < -0.39 is 15.9 Å². The zero-order valence-electron chi connectivity index (χ0n) is 20.3. The van der Waals surface area contributed by atoms with Crippen molar-refractivity contribution in [1.82, 2.24) is 9.62 Å². The molecule has 7 nitrogen and oxygen atoms in total. The molecule has 0 bridgehead atoms. The summed E-state index contributed by atoms with van der Waals surface area (Å²) < 4.78 is 34.1. The molecule has 0 radical (unpaired) electrons. The number of hydrogen-bond donors (Lipinski definition) is 1. The van der Waals surface area contributed by atoms with Crippen LogP contribution < -0.4 is 5.32 Å². The van der Waals surface area contributed by atoms with E-state index in [9.17, 15) is 18.5 Å². The van der Waals surface area contributed by atoms with Gasteiger partial charge in [-0.3, -0.25) is 4.79 Å². The van der Waals surface area contributed by atoms with Crippen molar-refractivity contribution < 1.29 is 17.6 Å². The molecule has 1 aliphatic rings. The number of furan rings is 1. The molecule has 37 heavy (non-hydrogen) atoms. The Bertz CT molecular complexity index is 1390. The van der Waals surface area contributed by atoms with E-state index in [2.05, 4.69) is 5.32 Å². The number of rotatable bonds is 9. The van der Waals surface area contributed by atoms with Crippen LogP contribution >= 0.6 is 11.6 Å². The molecule has 1 fully saturated rings. The Balaban J connectivity index is 1.54. The van der Waals surface area contributed by atoms with Crippen LogP contribution in [0.25, 0.3) is 6.08 Å². The topological polar surface area (TPSA) is 103 Å². The number of nitrogens with one attached hydrogen (secondary N) is 1. The van der Waals surface area contributed by atoms with Gasteiger partial charge in [-0.25, -0.2) is 8.42 Å². The highest BCUT2D eigenvalue weighted by molar-refractivity contribution is 7.89. The van der Waals surface area contributed by atoms with Gasteiger partial charge in [0.15, 0.2) is 0 Å². The lowest BCUT2D eigenvalue weighted by Crippen LogP contribution is -2.36. The first-order chi connectivity index (χ1) is 17.8. The fraction of sp³-hybridized carbons (Fsp3) is 0.286. The van der Waals surface area contributed by atoms with Crippen molar-refractivity contribution in [2.24, 2.45) is 0 Å². The van der Waals surface area contributed by atoms with Gasteiger partial charge >= 0.3 is 0 Å². The Kier molecular flexibility index (Phi) is 8.82. The Labute approximate surface area is 222 Å². The molecule has 1 saturated carbocycles. The van der Waals surface area contributed by atoms with Crippen LogP contribution in [0.15, 0.2) is 81.6 Å². The molecule has 0 aliphatic heterocycles. The second kappa shape index (κ2) is 12.2. The lowest BCUT2D eigenvalue weighted by atomic mass is 9.95. The first-order valence-corrected chi connectivity index (χ1v) is 14.0. The fourth-order valence-corrected chi connectivity index (χ4v) is 5.82. The molecule has 0 unspecified atom stereocenters. The summed E-state index contributed by atoms with van der Waals surface area (Å²) in [5.41, 5.74) is 0.763. The maximum absolute atomic E-state index is 13.5. The number of amides is 1. The number of nitriles is 1. The molecule has 0 atom stereocenters. The second-order valence-corrected chi connectivity index (χ2v) is 11.4. The van der Waals surface area contributed by atoms with Gasteiger partial charge in [0.05, 0.1) is 11.4 Å². The smallest absolute Gasteiger partial charge is 0.262 e. The van der Waals surface area contributed by atoms with Crippen molar-refractivity contribution in [3.05, 3.63) is 94.4 Å². The molecule has 3 aromatic rings. The van der Waals surface area contributed by atoms with Gasteiger partial charge < -0.3 is 9.73 Å². The first kappa shape index (κ1) is 26.7. The molecule has 9 heteroatoms. The average Bonchev–Trinajstić information content (AvgIpc) is 3.35. The van der Waals surface area contributed by atoms with Crippen molar-refractivity contribution in [2.75, 3.05) is 0 Å². The number of benzene rings is 2. The van der Waals surface area contributed by atoms with Crippen LogP contribution in [-0.4, -0.2) is 24.7 Å². The molecule has 4 rings (SSSR count). The van der Waals surface area contributed by atoms with Crippen LogP contribution in [-0.2, 0) is 27.9 Å². The summed E-state index contributed by atoms with van der Waals surface area (Å²) in [5.74, 6) is 0.252. The van der Waals surface area contributed by atoms with Crippen molar-refractivity contribution in [3.8, 4) is 6.07 Å². The van der Waals surface area contributed by atoms with Crippen LogP contribution in [0.5, 0.6) is 0 Å². The summed E-state index contributed by atoms with van der Waals surface area (Å²) in [6.45, 7) is 0.0920. The summed E-state index contributed by atoms with van der Waals surface area (Å²) in [4.78, 5) is 12.7. The molecule has 0 spiro atoms. The van der Waals surface area contributed by atoms with Crippen LogP contribution in [0, 0.1) is 11.3 Å². The van der Waals surface area contributed by atoms with Gasteiger partial charge in [0.1, 0.15) is 23.2 Å². The number of hydrogen-bond acceptors (Lipinski definition) is 5. The highest BCUT2D eigenvalue weighted by atomic mass is 35.5. The van der Waals surface area contributed by atoms with E-state index in [0.717, 1.165) is 37.7 Å². The molecular weight excluding hydrogens is 510 g/mol. The van der Waals surface area contributed by atoms with E-state index in [4.69, 9.17) is 16.0 Å². The SMILES string of the molecule is N#C/C(=C/c1ccc(CN(Cc2ccccc2)S(=O)(=O)c2ccc(Cl)cc2)o1)C(=O)NC1CCCCC1. The van der Waals surface area contributed by atoms with Gasteiger partial charge in [-0.1, -0.05) is 61.2 Å². The molecule has 1 aromatic heterocycles. The van der Waals surface area contributed by atoms with E-state index >= 15 is 0 Å². The predicted octanol–water partition coefficient (Wildman–Crippen LogP) is 5.68. The molecule has 2 aromatic carbocycles. The Morgan fingerprint density at radius 1 is 1.03 bits per heavy atom. The van der Waals surface area contributed by atoms with Gasteiger partial charge in [-0.2, -0.15) is 9.57 Å². The van der Waals surface area contributed by atoms with Crippen molar-refractivity contribution in [2.45, 2.75) is 56.1 Å². The maximum Gasteiger partial charge on any atom is 0.262 e. The Morgan fingerprint density at radius 2 is 1.73 bits per heavy atom. The molecular formula is C28H28ClN3O4S. The van der Waals surface area contributed by atoms with Crippen LogP contribution in [0.4, 0.5) is 0 Å². The number of carbonyl (C=O) groups is 1. The van der Waals surface area contributed by atoms with E-state index in [1.807, 2.05) is 36.4 Å². The summed E-state index contributed by atoms with van der Waals surface area (Å²) in [6.07, 6.45) is 6.50. The van der Waals surface area contributed by atoms with Gasteiger partial charge in [0.2, 0.25) is 10.0 Å². The van der Waals surface area contributed by atoms with Crippen LogP contribution in [0.2, 0.25) is 5.02 Å². The quantitative estimate of drug-likeness (QED) is 0.279. The largest absolute Gasteiger partial charge is 0.460 e. The van der Waals surface area contributed by atoms with Crippen LogP contribution in [0.1, 0.15) is 49.2 Å². The van der Waals surface area contributed by atoms with Gasteiger partial charge in [-0.15, -0.1) is 0 Å². The molecule has 1 N–H and O–H groups in total. The standard InChI is InChI=1S/C28H28ClN3O4S/c29-23-11-15-27(16-12-23)37(34,35)32(19-21-7-3-1-4-8-21)20-26-14-13-25(36-26)17-22(18-30)28(33)31-24-9-5-2-6-10-24/h1,3-4,7-8,11-17,24H,2,5-6,9-10,19-20H2,(H,31,33)/b22-17-. The summed E-state index contributed by atoms with van der Waals surface area (Å²) >= 11 is 5.95. The lowest BCUT2D eigenvalue weighted by Gasteiger charge is -2.22. The first-order valence-electron chi connectivity index (χ1n) is 12.2. The number of sulfonamides is 1. The molecule has 1 amide bonds. The van der Waals surface area contributed by atoms with Gasteiger partial charge in [0.25, 0.3) is 5.91 Å². The lowest BCUT2D eigenvalue weighted by molar-refractivity contribution is -0.117. The number of carbonyl (C=O) groups excluding carboxylic acids is 1. The zero-order valence-corrected chi connectivity index (χ0v) is 21.8. The third-order valence-corrected chi connectivity index (χ3v) is 8.32. The minimum atomic E-state index is -3.88. The summed E-state index contributed by atoms with van der Waals surface area (Å²) in [7, 11) is -3.88. The minimum absolute atomic E-state index is 0.0378. The third kappa shape index (κ3) is 7.10. The second-order valence-electron chi connectivity index (χ2n) is 8.99. The molecule has 192 valence electrons. The Morgan fingerprint density at radius 3 is 2.41 bits per heavy atom. The minimum Gasteiger partial charge on any atom is -0.460 e. The number of nitrogens with zero attached hydrogens (tertiary/aromatic N) is 2. The maximum atomic E-state index is 13.5. The number of halogens is 1.